The van der Waals surface area contributed by atoms with Gasteiger partial charge in [-0.3, -0.25) is 10.1 Å². The van der Waals surface area contributed by atoms with E-state index in [4.69, 9.17) is 21.4 Å². The van der Waals surface area contributed by atoms with E-state index < -0.39 is 5.91 Å². The molecule has 1 amide bonds. The number of ether oxygens (including phenoxy) is 1. The van der Waals surface area contributed by atoms with E-state index in [-0.39, 0.29) is 10.9 Å². The molecule has 7 nitrogen and oxygen atoms in total. The van der Waals surface area contributed by atoms with Crippen LogP contribution in [0.15, 0.2) is 57.4 Å². The van der Waals surface area contributed by atoms with E-state index in [1.165, 1.54) is 13.2 Å². The third-order valence-corrected chi connectivity index (χ3v) is 5.64. The number of aryl methyl sites for hydroxylation is 2. The number of oxazole rings is 1. The summed E-state index contributed by atoms with van der Waals surface area (Å²) in [6.07, 6.45) is 0. The number of anilines is 1. The number of benzene rings is 3. The van der Waals surface area contributed by atoms with Gasteiger partial charge < -0.3 is 19.6 Å². The van der Waals surface area contributed by atoms with Crippen molar-refractivity contribution < 1.29 is 19.1 Å². The summed E-state index contributed by atoms with van der Waals surface area (Å²) in [5, 5.41) is 16.1. The number of nitrogens with zero attached hydrogens (tertiary/aromatic N) is 1. The lowest BCUT2D eigenvalue weighted by atomic mass is 10.1. The smallest absolute Gasteiger partial charge is 0.261 e. The van der Waals surface area contributed by atoms with Crippen molar-refractivity contribution in [3.63, 3.8) is 0 Å². The quantitative estimate of drug-likeness (QED) is 0.293. The van der Waals surface area contributed by atoms with Gasteiger partial charge in [0.05, 0.1) is 18.2 Å². The van der Waals surface area contributed by atoms with Crippen molar-refractivity contribution in [1.82, 2.24) is 10.3 Å². The number of nitrogens with one attached hydrogen (secondary N) is 2. The summed E-state index contributed by atoms with van der Waals surface area (Å²) in [6, 6.07) is 13.9. The fourth-order valence-electron chi connectivity index (χ4n) is 3.47. The minimum atomic E-state index is -0.427. The molecule has 0 spiro atoms. The highest BCUT2D eigenvalue weighted by Crippen LogP contribution is 2.34. The van der Waals surface area contributed by atoms with E-state index in [9.17, 15) is 9.90 Å². The van der Waals surface area contributed by atoms with Gasteiger partial charge >= 0.3 is 0 Å². The molecule has 4 rings (SSSR count). The van der Waals surface area contributed by atoms with Crippen LogP contribution in [0, 0.1) is 13.8 Å². The van der Waals surface area contributed by atoms with Crippen molar-refractivity contribution in [2.45, 2.75) is 13.8 Å². The molecular formula is C24H20BrN3O4S. The first kappa shape index (κ1) is 22.8. The van der Waals surface area contributed by atoms with Gasteiger partial charge in [-0.05, 0) is 73.6 Å². The molecular weight excluding hydrogens is 506 g/mol. The maximum absolute atomic E-state index is 12.6. The second kappa shape index (κ2) is 9.21. The summed E-state index contributed by atoms with van der Waals surface area (Å²) in [5.41, 5.74) is 4.74. The molecule has 9 heteroatoms. The number of aromatic hydroxyl groups is 1. The van der Waals surface area contributed by atoms with Crippen molar-refractivity contribution in [2.24, 2.45) is 0 Å². The summed E-state index contributed by atoms with van der Waals surface area (Å²) >= 11 is 8.60. The monoisotopic (exact) mass is 525 g/mol. The van der Waals surface area contributed by atoms with E-state index in [0.29, 0.717) is 34.0 Å². The van der Waals surface area contributed by atoms with Gasteiger partial charge in [0.15, 0.2) is 10.7 Å². The van der Waals surface area contributed by atoms with Crippen LogP contribution >= 0.6 is 28.1 Å². The van der Waals surface area contributed by atoms with Gasteiger partial charge in [-0.2, -0.15) is 0 Å². The number of phenols is 1. The van der Waals surface area contributed by atoms with Gasteiger partial charge in [0, 0.05) is 16.2 Å². The Kier molecular flexibility index (Phi) is 6.35. The lowest BCUT2D eigenvalue weighted by Gasteiger charge is -2.12. The molecule has 4 aromatic rings. The molecule has 3 N–H and O–H groups in total. The molecule has 0 saturated heterocycles. The highest BCUT2D eigenvalue weighted by Gasteiger charge is 2.17. The first-order valence-corrected chi connectivity index (χ1v) is 11.1. The molecule has 0 saturated carbocycles. The lowest BCUT2D eigenvalue weighted by Crippen LogP contribution is -2.34. The Morgan fingerprint density at radius 3 is 2.67 bits per heavy atom. The standard InChI is InChI=1S/C24H20BrN3O4S/c1-12-8-13(2)21-18(9-12)27-23(32-21)16-6-5-15(11-19(16)29)26-24(33)28-22(30)17-10-14(25)4-7-20(17)31-3/h4-11,29H,1-3H3,(H2,26,28,30,33). The van der Waals surface area contributed by atoms with Crippen LogP contribution in [0.3, 0.4) is 0 Å². The summed E-state index contributed by atoms with van der Waals surface area (Å²) < 4.78 is 11.9. The molecule has 0 aliphatic carbocycles. The molecule has 168 valence electrons. The van der Waals surface area contributed by atoms with Crippen molar-refractivity contribution >= 4 is 56.0 Å². The van der Waals surface area contributed by atoms with Crippen molar-refractivity contribution in [3.8, 4) is 23.0 Å². The van der Waals surface area contributed by atoms with E-state index in [1.54, 1.807) is 30.3 Å². The van der Waals surface area contributed by atoms with Crippen LogP contribution in [-0.4, -0.2) is 28.2 Å². The molecule has 0 radical (unpaired) electrons. The highest BCUT2D eigenvalue weighted by molar-refractivity contribution is 9.10. The normalized spacial score (nSPS) is 10.8. The Labute approximate surface area is 203 Å². The predicted molar refractivity (Wildman–Crippen MR) is 135 cm³/mol. The number of fused-ring (bicyclic) bond motifs is 1. The van der Waals surface area contributed by atoms with Crippen LogP contribution in [-0.2, 0) is 0 Å². The van der Waals surface area contributed by atoms with Gasteiger partial charge in [-0.1, -0.05) is 22.0 Å². The van der Waals surface area contributed by atoms with Crippen molar-refractivity contribution in [2.75, 3.05) is 12.4 Å². The maximum atomic E-state index is 12.6. The number of phenolic OH excluding ortho intramolecular Hbond substituents is 1. The number of thiocarbonyl (C=S) groups is 1. The third-order valence-electron chi connectivity index (χ3n) is 4.94. The largest absolute Gasteiger partial charge is 0.507 e. The van der Waals surface area contributed by atoms with Crippen LogP contribution in [0.25, 0.3) is 22.6 Å². The second-order valence-corrected chi connectivity index (χ2v) is 8.76. The van der Waals surface area contributed by atoms with E-state index in [0.717, 1.165) is 21.1 Å². The molecule has 0 fully saturated rings. The molecule has 0 aliphatic heterocycles. The summed E-state index contributed by atoms with van der Waals surface area (Å²) in [5.74, 6) is 0.275. The third kappa shape index (κ3) is 4.84. The Balaban J connectivity index is 1.51. The maximum Gasteiger partial charge on any atom is 0.261 e. The average Bonchev–Trinajstić information content (AvgIpc) is 3.17. The second-order valence-electron chi connectivity index (χ2n) is 7.43. The highest BCUT2D eigenvalue weighted by atomic mass is 79.9. The molecule has 0 bridgehead atoms. The van der Waals surface area contributed by atoms with E-state index in [1.807, 2.05) is 26.0 Å². The van der Waals surface area contributed by atoms with Crippen LogP contribution in [0.2, 0.25) is 0 Å². The van der Waals surface area contributed by atoms with Gasteiger partial charge in [0.1, 0.15) is 17.0 Å². The zero-order valence-electron chi connectivity index (χ0n) is 18.0. The van der Waals surface area contributed by atoms with Gasteiger partial charge in [0.2, 0.25) is 5.89 Å². The molecule has 1 aromatic heterocycles. The van der Waals surface area contributed by atoms with Crippen LogP contribution in [0.5, 0.6) is 11.5 Å². The fraction of sp³-hybridized carbons (Fsp3) is 0.125. The Morgan fingerprint density at radius 1 is 1.15 bits per heavy atom. The molecule has 0 aliphatic rings. The molecule has 0 unspecified atom stereocenters. The first-order valence-electron chi connectivity index (χ1n) is 9.92. The number of carbonyl (C=O) groups is 1. The van der Waals surface area contributed by atoms with Crippen LogP contribution in [0.1, 0.15) is 21.5 Å². The number of amides is 1. The van der Waals surface area contributed by atoms with E-state index in [2.05, 4.69) is 31.5 Å². The number of hydrogen-bond acceptors (Lipinski definition) is 6. The number of methoxy groups -OCH3 is 1. The Bertz CT molecular complexity index is 1400. The molecule has 33 heavy (non-hydrogen) atoms. The first-order chi connectivity index (χ1) is 15.7. The SMILES string of the molecule is COc1ccc(Br)cc1C(=O)NC(=S)Nc1ccc(-c2nc3cc(C)cc(C)c3o2)c(O)c1. The van der Waals surface area contributed by atoms with E-state index >= 15 is 0 Å². The zero-order chi connectivity index (χ0) is 23.7. The number of halogens is 1. The lowest BCUT2D eigenvalue weighted by molar-refractivity contribution is 0.0974. The summed E-state index contributed by atoms with van der Waals surface area (Å²) in [4.78, 5) is 17.1. The van der Waals surface area contributed by atoms with Gasteiger partial charge in [0.25, 0.3) is 5.91 Å². The van der Waals surface area contributed by atoms with Crippen LogP contribution in [0.4, 0.5) is 5.69 Å². The van der Waals surface area contributed by atoms with Gasteiger partial charge in [-0.15, -0.1) is 0 Å². The average molecular weight is 526 g/mol. The number of carbonyl (C=O) groups excluding carboxylic acids is 1. The number of aromatic nitrogens is 1. The molecule has 3 aromatic carbocycles. The fourth-order valence-corrected chi connectivity index (χ4v) is 4.04. The van der Waals surface area contributed by atoms with Crippen molar-refractivity contribution in [3.05, 3.63) is 69.7 Å². The topological polar surface area (TPSA) is 96.6 Å². The molecule has 1 heterocycles. The number of rotatable bonds is 4. The molecule has 0 atom stereocenters. The number of hydrogen-bond donors (Lipinski definition) is 3. The van der Waals surface area contributed by atoms with Crippen LogP contribution < -0.4 is 15.4 Å². The minimum absolute atomic E-state index is 0.0382. The summed E-state index contributed by atoms with van der Waals surface area (Å²) in [7, 11) is 1.49. The minimum Gasteiger partial charge on any atom is -0.507 e. The summed E-state index contributed by atoms with van der Waals surface area (Å²) in [6.45, 7) is 3.95. The Hall–Kier alpha value is -3.43. The predicted octanol–water partition coefficient (Wildman–Crippen LogP) is 5.72. The van der Waals surface area contributed by atoms with Gasteiger partial charge in [-0.25, -0.2) is 4.98 Å². The zero-order valence-corrected chi connectivity index (χ0v) is 20.4. The Morgan fingerprint density at radius 2 is 1.94 bits per heavy atom. The van der Waals surface area contributed by atoms with Crippen molar-refractivity contribution in [1.29, 1.82) is 0 Å².